The van der Waals surface area contributed by atoms with E-state index in [1.54, 1.807) is 10.9 Å². The molecule has 1 saturated heterocycles. The van der Waals surface area contributed by atoms with Gasteiger partial charge in [0.1, 0.15) is 0 Å². The fraction of sp³-hybridized carbons (Fsp3) is 0.727. The molecule has 0 aromatic carbocycles. The Morgan fingerprint density at radius 3 is 3.19 bits per heavy atom. The van der Waals surface area contributed by atoms with Crippen molar-refractivity contribution in [1.29, 1.82) is 0 Å². The average Bonchev–Trinajstić information content (AvgIpc) is 2.91. The maximum Gasteiger partial charge on any atom is 0.0978 e. The minimum atomic E-state index is -0.0714. The molecule has 0 radical (unpaired) electrons. The minimum Gasteiger partial charge on any atom is -0.376 e. The monoisotopic (exact) mass is 225 g/mol. The molecule has 0 amide bonds. The largest absolute Gasteiger partial charge is 0.376 e. The Kier molecular flexibility index (Phi) is 3.93. The summed E-state index contributed by atoms with van der Waals surface area (Å²) in [4.78, 5) is 0. The van der Waals surface area contributed by atoms with E-state index in [-0.39, 0.29) is 12.2 Å². The van der Waals surface area contributed by atoms with Crippen molar-refractivity contribution in [3.05, 3.63) is 18.0 Å². The van der Waals surface area contributed by atoms with Gasteiger partial charge in [-0.2, -0.15) is 5.10 Å². The zero-order valence-corrected chi connectivity index (χ0v) is 9.63. The van der Waals surface area contributed by atoms with Crippen LogP contribution in [0.2, 0.25) is 0 Å². The molecule has 2 rings (SSSR count). The number of rotatable bonds is 5. The summed E-state index contributed by atoms with van der Waals surface area (Å²) in [5, 5.41) is 4.12. The van der Waals surface area contributed by atoms with Crippen molar-refractivity contribution >= 4 is 0 Å². The van der Waals surface area contributed by atoms with Crippen LogP contribution in [0.1, 0.15) is 24.5 Å². The molecular weight excluding hydrogens is 206 g/mol. The quantitative estimate of drug-likeness (QED) is 0.797. The van der Waals surface area contributed by atoms with Crippen LogP contribution in [0.4, 0.5) is 0 Å². The first-order valence-corrected chi connectivity index (χ1v) is 5.71. The van der Waals surface area contributed by atoms with Gasteiger partial charge in [0.25, 0.3) is 0 Å². The van der Waals surface area contributed by atoms with Crippen LogP contribution >= 0.6 is 0 Å². The van der Waals surface area contributed by atoms with Gasteiger partial charge in [-0.1, -0.05) is 0 Å². The molecule has 1 aromatic rings. The number of hydrogen-bond acceptors (Lipinski definition) is 4. The van der Waals surface area contributed by atoms with Gasteiger partial charge in [0, 0.05) is 32.0 Å². The SMILES string of the molecule is Cn1cc(C(CN)OCC2CCCO2)cn1. The fourth-order valence-electron chi connectivity index (χ4n) is 1.91. The molecule has 0 saturated carbocycles. The van der Waals surface area contributed by atoms with Crippen molar-refractivity contribution in [2.75, 3.05) is 19.8 Å². The molecule has 1 fully saturated rings. The summed E-state index contributed by atoms with van der Waals surface area (Å²) in [6, 6.07) is 0. The molecule has 0 aliphatic carbocycles. The predicted octanol–water partition coefficient (Wildman–Crippen LogP) is 0.615. The smallest absolute Gasteiger partial charge is 0.0978 e. The number of nitrogens with zero attached hydrogens (tertiary/aromatic N) is 2. The summed E-state index contributed by atoms with van der Waals surface area (Å²) in [5.74, 6) is 0. The van der Waals surface area contributed by atoms with E-state index in [1.165, 1.54) is 0 Å². The van der Waals surface area contributed by atoms with Crippen LogP contribution in [0.5, 0.6) is 0 Å². The molecule has 90 valence electrons. The first-order chi connectivity index (χ1) is 7.79. The Labute approximate surface area is 95.5 Å². The first-order valence-electron chi connectivity index (χ1n) is 5.71. The molecule has 16 heavy (non-hydrogen) atoms. The van der Waals surface area contributed by atoms with Gasteiger partial charge in [-0.25, -0.2) is 0 Å². The Hall–Kier alpha value is -0.910. The molecular formula is C11H19N3O2. The second-order valence-corrected chi connectivity index (χ2v) is 4.14. The number of ether oxygens (including phenoxy) is 2. The molecule has 0 spiro atoms. The van der Waals surface area contributed by atoms with Crippen molar-refractivity contribution < 1.29 is 9.47 Å². The predicted molar refractivity (Wildman–Crippen MR) is 59.9 cm³/mol. The van der Waals surface area contributed by atoms with Crippen LogP contribution in [0.25, 0.3) is 0 Å². The van der Waals surface area contributed by atoms with Crippen LogP contribution in [0.3, 0.4) is 0 Å². The van der Waals surface area contributed by atoms with E-state index in [9.17, 15) is 0 Å². The van der Waals surface area contributed by atoms with Gasteiger partial charge in [-0.15, -0.1) is 0 Å². The summed E-state index contributed by atoms with van der Waals surface area (Å²) < 4.78 is 13.0. The highest BCUT2D eigenvalue weighted by Crippen LogP contribution is 2.18. The van der Waals surface area contributed by atoms with E-state index in [1.807, 2.05) is 13.2 Å². The second kappa shape index (κ2) is 5.43. The van der Waals surface area contributed by atoms with Crippen molar-refractivity contribution in [2.45, 2.75) is 25.0 Å². The van der Waals surface area contributed by atoms with Gasteiger partial charge in [0.2, 0.25) is 0 Å². The summed E-state index contributed by atoms with van der Waals surface area (Å²) in [7, 11) is 1.89. The van der Waals surface area contributed by atoms with Gasteiger partial charge >= 0.3 is 0 Å². The molecule has 5 heteroatoms. The summed E-state index contributed by atoms with van der Waals surface area (Å²) >= 11 is 0. The summed E-state index contributed by atoms with van der Waals surface area (Å²) in [6.07, 6.45) is 6.13. The van der Waals surface area contributed by atoms with Crippen LogP contribution in [0.15, 0.2) is 12.4 Å². The number of aryl methyl sites for hydroxylation is 1. The van der Waals surface area contributed by atoms with E-state index in [4.69, 9.17) is 15.2 Å². The Morgan fingerprint density at radius 1 is 1.75 bits per heavy atom. The average molecular weight is 225 g/mol. The lowest BCUT2D eigenvalue weighted by molar-refractivity contribution is -0.0182. The van der Waals surface area contributed by atoms with E-state index >= 15 is 0 Å². The third-order valence-electron chi connectivity index (χ3n) is 2.82. The van der Waals surface area contributed by atoms with Gasteiger partial charge in [-0.3, -0.25) is 4.68 Å². The highest BCUT2D eigenvalue weighted by molar-refractivity contribution is 5.08. The lowest BCUT2D eigenvalue weighted by atomic mass is 10.2. The normalized spacial score (nSPS) is 22.5. The van der Waals surface area contributed by atoms with Crippen LogP contribution in [-0.2, 0) is 16.5 Å². The summed E-state index contributed by atoms with van der Waals surface area (Å²) in [6.45, 7) is 1.95. The van der Waals surface area contributed by atoms with Crippen molar-refractivity contribution in [2.24, 2.45) is 12.8 Å². The number of hydrogen-bond donors (Lipinski definition) is 1. The summed E-state index contributed by atoms with van der Waals surface area (Å²) in [5.41, 5.74) is 6.73. The maximum atomic E-state index is 5.77. The van der Waals surface area contributed by atoms with E-state index in [2.05, 4.69) is 5.10 Å². The van der Waals surface area contributed by atoms with E-state index in [0.717, 1.165) is 25.0 Å². The molecule has 2 atom stereocenters. The van der Waals surface area contributed by atoms with Crippen LogP contribution in [-0.4, -0.2) is 35.6 Å². The van der Waals surface area contributed by atoms with Gasteiger partial charge in [-0.05, 0) is 12.8 Å². The highest BCUT2D eigenvalue weighted by Gasteiger charge is 2.19. The number of nitrogens with two attached hydrogens (primary N) is 1. The Bertz CT molecular complexity index is 321. The molecule has 2 unspecified atom stereocenters. The van der Waals surface area contributed by atoms with E-state index < -0.39 is 0 Å². The molecule has 2 N–H and O–H groups in total. The molecule has 0 bridgehead atoms. The molecule has 1 aliphatic heterocycles. The van der Waals surface area contributed by atoms with Gasteiger partial charge in [0.05, 0.1) is 25.0 Å². The van der Waals surface area contributed by atoms with Gasteiger partial charge in [0.15, 0.2) is 0 Å². The molecule has 5 nitrogen and oxygen atoms in total. The van der Waals surface area contributed by atoms with Crippen molar-refractivity contribution in [3.8, 4) is 0 Å². The fourth-order valence-corrected chi connectivity index (χ4v) is 1.91. The topological polar surface area (TPSA) is 62.3 Å². The molecule has 1 aliphatic rings. The third kappa shape index (κ3) is 2.81. The lowest BCUT2D eigenvalue weighted by Gasteiger charge is -2.17. The highest BCUT2D eigenvalue weighted by atomic mass is 16.5. The molecule has 2 heterocycles. The number of aromatic nitrogens is 2. The van der Waals surface area contributed by atoms with Gasteiger partial charge < -0.3 is 15.2 Å². The standard InChI is InChI=1S/C11H19N3O2/c1-14-7-9(6-13-14)11(5-12)16-8-10-3-2-4-15-10/h6-7,10-11H,2-5,8,12H2,1H3. The third-order valence-corrected chi connectivity index (χ3v) is 2.82. The second-order valence-electron chi connectivity index (χ2n) is 4.14. The Morgan fingerprint density at radius 2 is 2.62 bits per heavy atom. The maximum absolute atomic E-state index is 5.77. The molecule has 1 aromatic heterocycles. The van der Waals surface area contributed by atoms with E-state index in [0.29, 0.717) is 13.2 Å². The lowest BCUT2D eigenvalue weighted by Crippen LogP contribution is -2.21. The Balaban J connectivity index is 1.85. The first kappa shape index (κ1) is 11.6. The minimum absolute atomic E-state index is 0.0714. The van der Waals surface area contributed by atoms with Crippen molar-refractivity contribution in [3.63, 3.8) is 0 Å². The van der Waals surface area contributed by atoms with Crippen molar-refractivity contribution in [1.82, 2.24) is 9.78 Å². The zero-order valence-electron chi connectivity index (χ0n) is 9.63. The van der Waals surface area contributed by atoms with Crippen LogP contribution in [0, 0.1) is 0 Å². The zero-order chi connectivity index (χ0) is 11.4. The van der Waals surface area contributed by atoms with Crippen LogP contribution < -0.4 is 5.73 Å².